The Hall–Kier alpha value is -2.88. The number of anilines is 2. The van der Waals surface area contributed by atoms with Crippen LogP contribution in [0.1, 0.15) is 12.0 Å². The summed E-state index contributed by atoms with van der Waals surface area (Å²) in [7, 11) is 3.39. The number of carbonyl (C=O) groups excluding carboxylic acids is 2. The van der Waals surface area contributed by atoms with Crippen LogP contribution in [0.25, 0.3) is 0 Å². The zero-order valence-electron chi connectivity index (χ0n) is 15.4. The summed E-state index contributed by atoms with van der Waals surface area (Å²) in [5, 5.41) is 6.48. The molecule has 0 spiro atoms. The average Bonchev–Trinajstić information content (AvgIpc) is 2.91. The fourth-order valence-electron chi connectivity index (χ4n) is 3.22. The number of rotatable bonds is 4. The fraction of sp³-hybridized carbons (Fsp3) is 0.389. The van der Waals surface area contributed by atoms with Crippen molar-refractivity contribution >= 4 is 23.2 Å². The van der Waals surface area contributed by atoms with Crippen LogP contribution in [0.2, 0.25) is 0 Å². The Morgan fingerprint density at radius 3 is 2.71 bits per heavy atom. The van der Waals surface area contributed by atoms with Crippen molar-refractivity contribution in [3.05, 3.63) is 42.2 Å². The van der Waals surface area contributed by atoms with Gasteiger partial charge in [0.2, 0.25) is 11.8 Å². The van der Waals surface area contributed by atoms with Crippen LogP contribution in [0.5, 0.6) is 0 Å². The maximum Gasteiger partial charge on any atom is 0.409 e. The van der Waals surface area contributed by atoms with E-state index in [1.165, 1.54) is 18.2 Å². The van der Waals surface area contributed by atoms with Gasteiger partial charge in [0.1, 0.15) is 6.04 Å². The first-order valence-electron chi connectivity index (χ1n) is 8.59. The second-order valence-electron chi connectivity index (χ2n) is 6.79. The molecule has 2 aromatic rings. The van der Waals surface area contributed by atoms with E-state index < -0.39 is 30.5 Å². The Morgan fingerprint density at radius 1 is 1.36 bits per heavy atom. The van der Waals surface area contributed by atoms with Gasteiger partial charge < -0.3 is 5.32 Å². The smallest absolute Gasteiger partial charge is 0.324 e. The summed E-state index contributed by atoms with van der Waals surface area (Å²) in [6.45, 7) is 0.104. The van der Waals surface area contributed by atoms with Gasteiger partial charge in [-0.25, -0.2) is 0 Å². The lowest BCUT2D eigenvalue weighted by atomic mass is 10.1. The van der Waals surface area contributed by atoms with Crippen LogP contribution in [-0.4, -0.2) is 52.3 Å². The van der Waals surface area contributed by atoms with Crippen molar-refractivity contribution < 1.29 is 22.8 Å². The molecule has 3 rings (SSSR count). The summed E-state index contributed by atoms with van der Waals surface area (Å²) in [6, 6.07) is 3.77. The molecule has 0 saturated heterocycles. The third-order valence-corrected chi connectivity index (χ3v) is 4.39. The van der Waals surface area contributed by atoms with Crippen molar-refractivity contribution in [1.29, 1.82) is 0 Å². The minimum Gasteiger partial charge on any atom is -0.324 e. The number of benzene rings is 1. The zero-order chi connectivity index (χ0) is 20.5. The first-order valence-corrected chi connectivity index (χ1v) is 8.59. The second kappa shape index (κ2) is 7.63. The van der Waals surface area contributed by atoms with Gasteiger partial charge in [0, 0.05) is 25.4 Å². The summed E-state index contributed by atoms with van der Waals surface area (Å²) in [4.78, 5) is 27.2. The summed E-state index contributed by atoms with van der Waals surface area (Å²) >= 11 is 0. The first-order chi connectivity index (χ1) is 13.1. The molecule has 150 valence electrons. The molecule has 1 aliphatic heterocycles. The maximum atomic E-state index is 13.7. The molecule has 2 amide bonds. The Morgan fingerprint density at radius 2 is 2.07 bits per heavy atom. The lowest BCUT2D eigenvalue weighted by Gasteiger charge is -2.32. The highest BCUT2D eigenvalue weighted by Gasteiger charge is 2.49. The summed E-state index contributed by atoms with van der Waals surface area (Å²) < 4.78 is 42.7. The van der Waals surface area contributed by atoms with Gasteiger partial charge in [0.25, 0.3) is 0 Å². The van der Waals surface area contributed by atoms with Crippen LogP contribution < -0.4 is 10.2 Å². The molecule has 1 atom stereocenters. The number of amides is 2. The standard InChI is InChI=1S/C18H20F3N5O2/c1-24(9-12-8-22-25(2)10-12)11-17(28)26-14-6-4-3-5-13(14)23-16(27)7-15(26)18(19,20)21/h3-6,8,10,15H,7,9,11H2,1-2H3,(H,23,27)/t15-/m1/s1. The Kier molecular flexibility index (Phi) is 5.41. The van der Waals surface area contributed by atoms with Crippen molar-refractivity contribution in [3.8, 4) is 0 Å². The number of aryl methyl sites for hydroxylation is 1. The molecule has 0 saturated carbocycles. The second-order valence-corrected chi connectivity index (χ2v) is 6.79. The molecule has 2 heterocycles. The van der Waals surface area contributed by atoms with Gasteiger partial charge in [-0.2, -0.15) is 18.3 Å². The number of carbonyl (C=O) groups is 2. The average molecular weight is 395 g/mol. The zero-order valence-corrected chi connectivity index (χ0v) is 15.4. The molecule has 0 unspecified atom stereocenters. The monoisotopic (exact) mass is 395 g/mol. The van der Waals surface area contributed by atoms with Crippen LogP contribution in [0.3, 0.4) is 0 Å². The predicted molar refractivity (Wildman–Crippen MR) is 96.6 cm³/mol. The summed E-state index contributed by atoms with van der Waals surface area (Å²) in [5.74, 6) is -1.52. The topological polar surface area (TPSA) is 70.5 Å². The molecule has 28 heavy (non-hydrogen) atoms. The lowest BCUT2D eigenvalue weighted by molar-refractivity contribution is -0.158. The minimum atomic E-state index is -4.74. The van der Waals surface area contributed by atoms with E-state index in [2.05, 4.69) is 10.4 Å². The van der Waals surface area contributed by atoms with E-state index in [0.717, 1.165) is 5.56 Å². The molecule has 0 radical (unpaired) electrons. The van der Waals surface area contributed by atoms with Gasteiger partial charge in [0.05, 0.1) is 30.5 Å². The molecule has 1 aromatic carbocycles. The number of hydrogen-bond donors (Lipinski definition) is 1. The van der Waals surface area contributed by atoms with Crippen molar-refractivity contribution in [2.75, 3.05) is 23.8 Å². The largest absolute Gasteiger partial charge is 0.409 e. The maximum absolute atomic E-state index is 13.7. The Balaban J connectivity index is 1.88. The number of nitrogens with zero attached hydrogens (tertiary/aromatic N) is 4. The number of halogens is 3. The SMILES string of the molecule is CN(CC(=O)N1c2ccccc2NC(=O)C[C@@H]1C(F)(F)F)Cc1cnn(C)c1. The van der Waals surface area contributed by atoms with Crippen LogP contribution in [-0.2, 0) is 23.2 Å². The van der Waals surface area contributed by atoms with Crippen LogP contribution in [0, 0.1) is 0 Å². The van der Waals surface area contributed by atoms with E-state index in [4.69, 9.17) is 0 Å². The van der Waals surface area contributed by atoms with Crippen LogP contribution in [0.4, 0.5) is 24.5 Å². The third kappa shape index (κ3) is 4.33. The molecule has 0 bridgehead atoms. The minimum absolute atomic E-state index is 0.0375. The molecule has 1 N–H and O–H groups in total. The number of alkyl halides is 3. The van der Waals surface area contributed by atoms with Gasteiger partial charge in [-0.1, -0.05) is 12.1 Å². The number of aromatic nitrogens is 2. The van der Waals surface area contributed by atoms with Gasteiger partial charge in [-0.3, -0.25) is 24.1 Å². The van der Waals surface area contributed by atoms with Gasteiger partial charge in [-0.15, -0.1) is 0 Å². The molecule has 0 fully saturated rings. The Bertz CT molecular complexity index is 880. The predicted octanol–water partition coefficient (Wildman–Crippen LogP) is 2.16. The normalized spacial score (nSPS) is 17.3. The van der Waals surface area contributed by atoms with E-state index in [-0.39, 0.29) is 17.9 Å². The number of fused-ring (bicyclic) bond motifs is 1. The van der Waals surface area contributed by atoms with Gasteiger partial charge >= 0.3 is 6.18 Å². The first kappa shape index (κ1) is 19.9. The highest BCUT2D eigenvalue weighted by atomic mass is 19.4. The van der Waals surface area contributed by atoms with Crippen LogP contribution >= 0.6 is 0 Å². The quantitative estimate of drug-likeness (QED) is 0.861. The van der Waals surface area contributed by atoms with E-state index in [9.17, 15) is 22.8 Å². The van der Waals surface area contributed by atoms with Crippen molar-refractivity contribution in [3.63, 3.8) is 0 Å². The van der Waals surface area contributed by atoms with Crippen LogP contribution in [0.15, 0.2) is 36.7 Å². The molecular formula is C18H20F3N5O2. The van der Waals surface area contributed by atoms with E-state index in [1.807, 2.05) is 0 Å². The number of likely N-dealkylation sites (N-methyl/N-ethyl adjacent to an activating group) is 1. The van der Waals surface area contributed by atoms with E-state index in [0.29, 0.717) is 11.4 Å². The molecule has 0 aliphatic carbocycles. The fourth-order valence-corrected chi connectivity index (χ4v) is 3.22. The Labute approximate surface area is 159 Å². The summed E-state index contributed by atoms with van der Waals surface area (Å²) in [6.07, 6.45) is -2.20. The van der Waals surface area contributed by atoms with Crippen molar-refractivity contribution in [2.24, 2.45) is 7.05 Å². The van der Waals surface area contributed by atoms with E-state index in [1.54, 1.807) is 42.1 Å². The molecular weight excluding hydrogens is 375 g/mol. The third-order valence-electron chi connectivity index (χ3n) is 4.39. The summed E-state index contributed by atoms with van der Waals surface area (Å²) in [5.41, 5.74) is 1.05. The van der Waals surface area contributed by atoms with Crippen molar-refractivity contribution in [1.82, 2.24) is 14.7 Å². The number of hydrogen-bond acceptors (Lipinski definition) is 4. The number of nitrogens with one attached hydrogen (secondary N) is 1. The number of para-hydroxylation sites is 2. The highest BCUT2D eigenvalue weighted by molar-refractivity contribution is 6.05. The van der Waals surface area contributed by atoms with Gasteiger partial charge in [0.15, 0.2) is 0 Å². The molecule has 1 aromatic heterocycles. The molecule has 1 aliphatic rings. The van der Waals surface area contributed by atoms with Gasteiger partial charge in [-0.05, 0) is 19.2 Å². The highest BCUT2D eigenvalue weighted by Crippen LogP contribution is 2.37. The molecule has 10 heteroatoms. The van der Waals surface area contributed by atoms with E-state index >= 15 is 0 Å². The lowest BCUT2D eigenvalue weighted by Crippen LogP contribution is -2.52. The molecule has 7 nitrogen and oxygen atoms in total. The van der Waals surface area contributed by atoms with Crippen molar-refractivity contribution in [2.45, 2.75) is 25.2 Å².